The number of nitrogens with one attached hydrogen (secondary N) is 3. The van der Waals surface area contributed by atoms with E-state index in [1.54, 1.807) is 13.0 Å². The number of piperazine rings is 1. The first-order valence-corrected chi connectivity index (χ1v) is 11.3. The molecule has 9 heteroatoms. The molecule has 1 fully saturated rings. The van der Waals surface area contributed by atoms with Crippen molar-refractivity contribution in [3.05, 3.63) is 29.3 Å². The van der Waals surface area contributed by atoms with Gasteiger partial charge >= 0.3 is 6.03 Å². The molecule has 1 aliphatic heterocycles. The molecular weight excluding hydrogens is 380 g/mol. The summed E-state index contributed by atoms with van der Waals surface area (Å²) in [6, 6.07) is 4.55. The summed E-state index contributed by atoms with van der Waals surface area (Å²) < 4.78 is 27.6. The number of imide groups is 1. The minimum atomic E-state index is -3.53. The highest BCUT2D eigenvalue weighted by Crippen LogP contribution is 2.25. The van der Waals surface area contributed by atoms with E-state index in [0.29, 0.717) is 31.1 Å². The van der Waals surface area contributed by atoms with Crippen molar-refractivity contribution in [1.82, 2.24) is 14.9 Å². The van der Waals surface area contributed by atoms with Crippen molar-refractivity contribution >= 4 is 22.0 Å². The molecule has 1 atom stereocenters. The van der Waals surface area contributed by atoms with Gasteiger partial charge in [-0.2, -0.15) is 4.31 Å². The predicted octanol–water partition coefficient (Wildman–Crippen LogP) is -0.701. The summed E-state index contributed by atoms with van der Waals surface area (Å²) in [5.74, 6) is -0.361. The lowest BCUT2D eigenvalue weighted by atomic mass is 9.92. The number of fused-ring (bicyclic) bond motifs is 1. The summed E-state index contributed by atoms with van der Waals surface area (Å²) in [6.07, 6.45) is 4.23. The van der Waals surface area contributed by atoms with Crippen LogP contribution in [0.1, 0.15) is 30.9 Å². The second-order valence-corrected chi connectivity index (χ2v) is 9.43. The lowest BCUT2D eigenvalue weighted by Gasteiger charge is -2.34. The number of rotatable bonds is 4. The molecule has 154 valence electrons. The molecule has 1 aromatic rings. The number of nitrogens with zero attached hydrogens (tertiary/aromatic N) is 1. The number of amides is 3. The second-order valence-electron chi connectivity index (χ2n) is 7.49. The third kappa shape index (κ3) is 4.37. The molecule has 0 aromatic heterocycles. The number of hydrogen-bond acceptors (Lipinski definition) is 4. The van der Waals surface area contributed by atoms with Crippen LogP contribution in [0.2, 0.25) is 0 Å². The number of carbonyl (C=O) groups is 2. The zero-order valence-corrected chi connectivity index (χ0v) is 17.3. The lowest BCUT2D eigenvalue weighted by Crippen LogP contribution is -3.19. The molecule has 0 saturated carbocycles. The highest BCUT2D eigenvalue weighted by molar-refractivity contribution is 7.89. The normalized spacial score (nSPS) is 19.5. The van der Waals surface area contributed by atoms with Crippen molar-refractivity contribution in [3.8, 4) is 0 Å². The van der Waals surface area contributed by atoms with Crippen LogP contribution in [0.5, 0.6) is 0 Å². The molecule has 1 aliphatic carbocycles. The molecule has 0 spiro atoms. The zero-order valence-electron chi connectivity index (χ0n) is 16.5. The average Bonchev–Trinajstić information content (AvgIpc) is 2.72. The van der Waals surface area contributed by atoms with E-state index >= 15 is 0 Å². The number of benzene rings is 1. The number of hydrogen-bond donors (Lipinski definition) is 3. The largest absolute Gasteiger partial charge is 0.341 e. The molecule has 3 rings (SSSR count). The molecule has 1 aromatic carbocycles. The van der Waals surface area contributed by atoms with E-state index in [4.69, 9.17) is 0 Å². The quantitative estimate of drug-likeness (QED) is 0.612. The first-order chi connectivity index (χ1) is 13.3. The summed E-state index contributed by atoms with van der Waals surface area (Å²) in [7, 11) is -2.08. The molecule has 1 heterocycles. The summed E-state index contributed by atoms with van der Waals surface area (Å²) in [5.41, 5.74) is 2.41. The SMILES string of the molecule is CNC(=O)NC(=O)[C@H](C)[NH+]1CCN(S(=O)(=O)c2ccc3c(c2)CCCC3)CC1. The third-order valence-electron chi connectivity index (χ3n) is 5.79. The van der Waals surface area contributed by atoms with Crippen molar-refractivity contribution < 1.29 is 22.9 Å². The van der Waals surface area contributed by atoms with Crippen LogP contribution in [-0.2, 0) is 27.7 Å². The molecule has 8 nitrogen and oxygen atoms in total. The lowest BCUT2D eigenvalue weighted by molar-refractivity contribution is -0.917. The fourth-order valence-corrected chi connectivity index (χ4v) is 5.43. The highest BCUT2D eigenvalue weighted by atomic mass is 32.2. The minimum absolute atomic E-state index is 0.354. The van der Waals surface area contributed by atoms with Crippen LogP contribution in [0.15, 0.2) is 23.1 Å². The van der Waals surface area contributed by atoms with Crippen LogP contribution in [0.25, 0.3) is 0 Å². The van der Waals surface area contributed by atoms with E-state index in [0.717, 1.165) is 36.1 Å². The van der Waals surface area contributed by atoms with Gasteiger partial charge in [-0.1, -0.05) is 6.07 Å². The number of urea groups is 1. The van der Waals surface area contributed by atoms with Gasteiger partial charge < -0.3 is 10.2 Å². The number of aryl methyl sites for hydroxylation is 2. The Labute approximate surface area is 166 Å². The van der Waals surface area contributed by atoms with E-state index in [1.165, 1.54) is 16.9 Å². The Balaban J connectivity index is 1.64. The fraction of sp³-hybridized carbons (Fsp3) is 0.579. The molecule has 28 heavy (non-hydrogen) atoms. The van der Waals surface area contributed by atoms with Gasteiger partial charge in [-0.05, 0) is 55.9 Å². The smallest absolute Gasteiger partial charge is 0.321 e. The molecule has 1 saturated heterocycles. The Hall–Kier alpha value is -1.97. The average molecular weight is 410 g/mol. The van der Waals surface area contributed by atoms with Crippen LogP contribution < -0.4 is 15.5 Å². The van der Waals surface area contributed by atoms with E-state index < -0.39 is 22.1 Å². The number of sulfonamides is 1. The molecular formula is C19H29N4O4S+. The van der Waals surface area contributed by atoms with Gasteiger partial charge in [0.1, 0.15) is 0 Å². The van der Waals surface area contributed by atoms with Gasteiger partial charge in [0, 0.05) is 7.05 Å². The third-order valence-corrected chi connectivity index (χ3v) is 7.69. The van der Waals surface area contributed by atoms with Gasteiger partial charge in [0.05, 0.1) is 31.1 Å². The van der Waals surface area contributed by atoms with Crippen LogP contribution in [0.3, 0.4) is 0 Å². The first kappa shape index (κ1) is 20.8. The minimum Gasteiger partial charge on any atom is -0.341 e. The van der Waals surface area contributed by atoms with Crippen LogP contribution >= 0.6 is 0 Å². The molecule has 0 bridgehead atoms. The Morgan fingerprint density at radius 3 is 2.39 bits per heavy atom. The molecule has 3 N–H and O–H groups in total. The maximum Gasteiger partial charge on any atom is 0.321 e. The van der Waals surface area contributed by atoms with Gasteiger partial charge in [-0.25, -0.2) is 13.2 Å². The number of carbonyl (C=O) groups excluding carboxylic acids is 2. The Morgan fingerprint density at radius 1 is 1.11 bits per heavy atom. The van der Waals surface area contributed by atoms with Gasteiger partial charge in [0.15, 0.2) is 6.04 Å². The van der Waals surface area contributed by atoms with E-state index in [9.17, 15) is 18.0 Å². The summed E-state index contributed by atoms with van der Waals surface area (Å²) in [6.45, 7) is 3.50. The second kappa shape index (κ2) is 8.59. The Bertz CT molecular complexity index is 847. The van der Waals surface area contributed by atoms with Gasteiger partial charge in [0.2, 0.25) is 10.0 Å². The predicted molar refractivity (Wildman–Crippen MR) is 105 cm³/mol. The van der Waals surface area contributed by atoms with Crippen molar-refractivity contribution in [2.24, 2.45) is 0 Å². The standard InChI is InChI=1S/C19H28N4O4S/c1-14(18(24)21-19(25)20-2)22-9-11-23(12-10-22)28(26,27)17-8-7-15-5-3-4-6-16(15)13-17/h7-8,13-14H,3-6,9-12H2,1-2H3,(H2,20,21,24,25)/p+1/t14-/m0/s1. The van der Waals surface area contributed by atoms with E-state index in [2.05, 4.69) is 10.6 Å². The monoisotopic (exact) mass is 409 g/mol. The van der Waals surface area contributed by atoms with Crippen molar-refractivity contribution in [1.29, 1.82) is 0 Å². The zero-order chi connectivity index (χ0) is 20.3. The van der Waals surface area contributed by atoms with Gasteiger partial charge in [0.25, 0.3) is 5.91 Å². The molecule has 0 unspecified atom stereocenters. The summed E-state index contributed by atoms with van der Waals surface area (Å²) >= 11 is 0. The van der Waals surface area contributed by atoms with Gasteiger partial charge in [-0.15, -0.1) is 0 Å². The van der Waals surface area contributed by atoms with Crippen molar-refractivity contribution in [3.63, 3.8) is 0 Å². The maximum atomic E-state index is 13.1. The maximum absolute atomic E-state index is 13.1. The topological polar surface area (TPSA) is 100 Å². The first-order valence-electron chi connectivity index (χ1n) is 9.82. The van der Waals surface area contributed by atoms with Gasteiger partial charge in [-0.3, -0.25) is 10.1 Å². The van der Waals surface area contributed by atoms with Crippen molar-refractivity contribution in [2.45, 2.75) is 43.5 Å². The van der Waals surface area contributed by atoms with Crippen LogP contribution in [-0.4, -0.2) is 63.9 Å². The summed E-state index contributed by atoms with van der Waals surface area (Å²) in [4.78, 5) is 24.8. The molecule has 2 aliphatic rings. The van der Waals surface area contributed by atoms with Crippen molar-refractivity contribution in [2.75, 3.05) is 33.2 Å². The Morgan fingerprint density at radius 2 is 1.75 bits per heavy atom. The van der Waals surface area contributed by atoms with Crippen LogP contribution in [0, 0.1) is 0 Å². The molecule has 3 amide bonds. The Kier molecular flexibility index (Phi) is 6.36. The summed E-state index contributed by atoms with van der Waals surface area (Å²) in [5, 5.41) is 4.63. The van der Waals surface area contributed by atoms with E-state index in [-0.39, 0.29) is 5.91 Å². The van der Waals surface area contributed by atoms with E-state index in [1.807, 2.05) is 12.1 Å². The van der Waals surface area contributed by atoms with Crippen LogP contribution in [0.4, 0.5) is 4.79 Å². The fourth-order valence-electron chi connectivity index (χ4n) is 3.93. The highest BCUT2D eigenvalue weighted by Gasteiger charge is 2.35. The molecule has 0 radical (unpaired) electrons. The number of quaternary nitrogens is 1.